The summed E-state index contributed by atoms with van der Waals surface area (Å²) in [6.45, 7) is 0. The van der Waals surface area contributed by atoms with Gasteiger partial charge in [-0.15, -0.1) is 0 Å². The van der Waals surface area contributed by atoms with Gasteiger partial charge in [-0.05, 0) is 12.1 Å². The van der Waals surface area contributed by atoms with E-state index < -0.39 is 33.6 Å². The quantitative estimate of drug-likeness (QED) is 0.606. The van der Waals surface area contributed by atoms with Crippen molar-refractivity contribution in [2.24, 2.45) is 5.73 Å². The highest BCUT2D eigenvalue weighted by Crippen LogP contribution is 2.37. The smallest absolute Gasteiger partial charge is 0.316 e. The van der Waals surface area contributed by atoms with Gasteiger partial charge in [0.2, 0.25) is 0 Å². The zero-order chi connectivity index (χ0) is 11.8. The molecular weight excluding hydrogens is 257 g/mol. The fraction of sp³-hybridized carbons (Fsp3) is 0.250. The maximum atomic E-state index is 13.2. The number of benzene rings is 1. The van der Waals surface area contributed by atoms with E-state index in [1.54, 1.807) is 0 Å². The molecule has 0 aromatic heterocycles. The Hall–Kier alpha value is -0.520. The molecule has 0 amide bonds. The number of hydrogen-bond acceptors (Lipinski definition) is 1. The van der Waals surface area contributed by atoms with E-state index in [9.17, 15) is 17.6 Å². The van der Waals surface area contributed by atoms with Gasteiger partial charge in [-0.1, -0.05) is 23.2 Å². The number of halogens is 6. The van der Waals surface area contributed by atoms with Gasteiger partial charge >= 0.3 is 6.18 Å². The van der Waals surface area contributed by atoms with Crippen LogP contribution in [0, 0.1) is 5.82 Å². The summed E-state index contributed by atoms with van der Waals surface area (Å²) in [6.07, 6.45) is -4.77. The molecule has 0 saturated heterocycles. The molecule has 0 aliphatic carbocycles. The van der Waals surface area contributed by atoms with Crippen LogP contribution in [0.25, 0.3) is 0 Å². The fourth-order valence-electron chi connectivity index (χ4n) is 0.992. The van der Waals surface area contributed by atoms with Crippen molar-refractivity contribution in [3.63, 3.8) is 0 Å². The lowest BCUT2D eigenvalue weighted by molar-refractivity contribution is -0.149. The third kappa shape index (κ3) is 2.53. The molecule has 2 N–H and O–H groups in total. The highest BCUT2D eigenvalue weighted by molar-refractivity contribution is 6.33. The largest absolute Gasteiger partial charge is 0.407 e. The van der Waals surface area contributed by atoms with Gasteiger partial charge in [0.1, 0.15) is 11.9 Å². The van der Waals surface area contributed by atoms with Crippen LogP contribution in [0.5, 0.6) is 0 Å². The molecule has 1 atom stereocenters. The Morgan fingerprint density at radius 2 is 1.60 bits per heavy atom. The van der Waals surface area contributed by atoms with Gasteiger partial charge in [-0.2, -0.15) is 13.2 Å². The Morgan fingerprint density at radius 3 is 2.07 bits per heavy atom. The second kappa shape index (κ2) is 4.15. The van der Waals surface area contributed by atoms with E-state index in [0.717, 1.165) is 12.1 Å². The number of alkyl halides is 3. The molecule has 0 heterocycles. The summed E-state index contributed by atoms with van der Waals surface area (Å²) in [5.74, 6) is -1.24. The zero-order valence-corrected chi connectivity index (χ0v) is 8.59. The van der Waals surface area contributed by atoms with Crippen molar-refractivity contribution in [1.29, 1.82) is 0 Å². The van der Waals surface area contributed by atoms with E-state index >= 15 is 0 Å². The first kappa shape index (κ1) is 12.5. The summed E-state index contributed by atoms with van der Waals surface area (Å²) < 4.78 is 49.9. The fourth-order valence-corrected chi connectivity index (χ4v) is 1.42. The van der Waals surface area contributed by atoms with Crippen molar-refractivity contribution >= 4 is 23.2 Å². The predicted molar refractivity (Wildman–Crippen MR) is 49.4 cm³/mol. The minimum Gasteiger partial charge on any atom is -0.316 e. The number of hydrogen-bond donors (Lipinski definition) is 1. The van der Waals surface area contributed by atoms with E-state index in [0.29, 0.717) is 0 Å². The van der Waals surface area contributed by atoms with Gasteiger partial charge < -0.3 is 5.73 Å². The number of nitrogens with two attached hydrogens (primary N) is 1. The van der Waals surface area contributed by atoms with Gasteiger partial charge in [0.05, 0.1) is 5.02 Å². The molecule has 1 aromatic rings. The van der Waals surface area contributed by atoms with Crippen LogP contribution in [0.4, 0.5) is 17.6 Å². The SMILES string of the molecule is N[C@@H](c1c(Cl)ccc(Cl)c1F)C(F)(F)F. The Kier molecular flexibility index (Phi) is 3.48. The molecule has 0 aliphatic heterocycles. The molecule has 0 spiro atoms. The molecule has 0 fully saturated rings. The third-order valence-corrected chi connectivity index (χ3v) is 2.36. The molecule has 1 rings (SSSR count). The van der Waals surface area contributed by atoms with Crippen LogP contribution in [0.1, 0.15) is 11.6 Å². The first-order valence-corrected chi connectivity index (χ1v) is 4.46. The Bertz CT molecular complexity index is 378. The monoisotopic (exact) mass is 261 g/mol. The molecule has 1 nitrogen and oxygen atoms in total. The lowest BCUT2D eigenvalue weighted by atomic mass is 10.1. The molecule has 15 heavy (non-hydrogen) atoms. The van der Waals surface area contributed by atoms with Crippen molar-refractivity contribution in [2.45, 2.75) is 12.2 Å². The summed E-state index contributed by atoms with van der Waals surface area (Å²) in [5.41, 5.74) is 4.00. The molecule has 84 valence electrons. The van der Waals surface area contributed by atoms with Crippen LogP contribution >= 0.6 is 23.2 Å². The van der Waals surface area contributed by atoms with E-state index in [2.05, 4.69) is 0 Å². The van der Waals surface area contributed by atoms with Crippen molar-refractivity contribution in [3.05, 3.63) is 33.6 Å². The minimum absolute atomic E-state index is 0.401. The maximum absolute atomic E-state index is 13.2. The van der Waals surface area contributed by atoms with Gasteiger partial charge in [-0.3, -0.25) is 0 Å². The Balaban J connectivity index is 3.31. The molecule has 7 heteroatoms. The Morgan fingerprint density at radius 1 is 1.13 bits per heavy atom. The summed E-state index contributed by atoms with van der Waals surface area (Å²) in [4.78, 5) is 0. The van der Waals surface area contributed by atoms with Gasteiger partial charge in [0.25, 0.3) is 0 Å². The van der Waals surface area contributed by atoms with E-state index in [1.807, 2.05) is 0 Å². The van der Waals surface area contributed by atoms with E-state index in [1.165, 1.54) is 0 Å². The highest BCUT2D eigenvalue weighted by atomic mass is 35.5. The number of rotatable bonds is 1. The lowest BCUT2D eigenvalue weighted by Crippen LogP contribution is -2.29. The normalized spacial score (nSPS) is 14.1. The first-order chi connectivity index (χ1) is 6.75. The van der Waals surface area contributed by atoms with Crippen molar-refractivity contribution in [2.75, 3.05) is 0 Å². The highest BCUT2D eigenvalue weighted by Gasteiger charge is 2.40. The third-order valence-electron chi connectivity index (χ3n) is 1.74. The summed E-state index contributed by atoms with van der Waals surface area (Å²) in [5, 5.41) is -0.851. The molecule has 0 aliphatic rings. The van der Waals surface area contributed by atoms with Crippen molar-refractivity contribution in [3.8, 4) is 0 Å². The summed E-state index contributed by atoms with van der Waals surface area (Å²) in [7, 11) is 0. The molecule has 0 bridgehead atoms. The second-order valence-electron chi connectivity index (χ2n) is 2.78. The zero-order valence-electron chi connectivity index (χ0n) is 7.08. The topological polar surface area (TPSA) is 26.0 Å². The Labute approximate surface area is 92.8 Å². The minimum atomic E-state index is -4.77. The maximum Gasteiger partial charge on any atom is 0.407 e. The van der Waals surface area contributed by atoms with Crippen LogP contribution in [0.2, 0.25) is 10.0 Å². The molecule has 0 unspecified atom stereocenters. The predicted octanol–water partition coefficient (Wildman–Crippen LogP) is 3.69. The van der Waals surface area contributed by atoms with Gasteiger partial charge in [0, 0.05) is 10.6 Å². The molecule has 0 radical (unpaired) electrons. The second-order valence-corrected chi connectivity index (χ2v) is 3.59. The van der Waals surface area contributed by atoms with Gasteiger partial charge in [0.15, 0.2) is 0 Å². The van der Waals surface area contributed by atoms with E-state index in [4.69, 9.17) is 28.9 Å². The van der Waals surface area contributed by atoms with Crippen LogP contribution < -0.4 is 5.73 Å². The van der Waals surface area contributed by atoms with Crippen LogP contribution in [-0.2, 0) is 0 Å². The lowest BCUT2D eigenvalue weighted by Gasteiger charge is -2.18. The molecular formula is C8H5Cl2F4N. The standard InChI is InChI=1S/C8H5Cl2F4N/c9-3-1-2-4(10)6(11)5(3)7(15)8(12,13)14/h1-2,7H,15H2/t7-/m0/s1. The van der Waals surface area contributed by atoms with Crippen LogP contribution in [0.3, 0.4) is 0 Å². The average molecular weight is 262 g/mol. The van der Waals surface area contributed by atoms with Crippen molar-refractivity contribution in [1.82, 2.24) is 0 Å². The molecule has 0 saturated carbocycles. The summed E-state index contributed by atoms with van der Waals surface area (Å²) >= 11 is 10.7. The summed E-state index contributed by atoms with van der Waals surface area (Å²) in [6, 6.07) is -0.358. The van der Waals surface area contributed by atoms with Gasteiger partial charge in [-0.25, -0.2) is 4.39 Å². The molecule has 1 aromatic carbocycles. The van der Waals surface area contributed by atoms with Crippen molar-refractivity contribution < 1.29 is 17.6 Å². The van der Waals surface area contributed by atoms with E-state index in [-0.39, 0.29) is 0 Å². The first-order valence-electron chi connectivity index (χ1n) is 3.71. The average Bonchev–Trinajstić information content (AvgIpc) is 2.10. The van der Waals surface area contributed by atoms with Crippen LogP contribution in [-0.4, -0.2) is 6.18 Å². The van der Waals surface area contributed by atoms with Crippen LogP contribution in [0.15, 0.2) is 12.1 Å².